The number of fused-ring (bicyclic) bond motifs is 1. The quantitative estimate of drug-likeness (QED) is 0.876. The highest BCUT2D eigenvalue weighted by atomic mass is 32.2. The van der Waals surface area contributed by atoms with Gasteiger partial charge in [0.15, 0.2) is 9.84 Å². The Hall–Kier alpha value is -1.54. The van der Waals surface area contributed by atoms with Gasteiger partial charge in [-0.2, -0.15) is 0 Å². The highest BCUT2D eigenvalue weighted by Crippen LogP contribution is 2.32. The molecular weight excluding hydrogens is 348 g/mol. The molecular formula is C16H20N2O4S2. The molecule has 1 aromatic carbocycles. The fraction of sp³-hybridized carbons (Fsp3) is 0.500. The Morgan fingerprint density at radius 3 is 2.88 bits per heavy atom. The Balaban J connectivity index is 1.85. The van der Waals surface area contributed by atoms with Gasteiger partial charge in [-0.25, -0.2) is 8.42 Å². The minimum atomic E-state index is -3.05. The summed E-state index contributed by atoms with van der Waals surface area (Å²) in [5.41, 5.74) is 1.13. The standard InChI is InChI=1S/C16H20N2O4S2/c1-2-6-18(12-5-7-24(21,22)10-12)16(20)11-3-4-14-13(8-11)17-15(19)9-23-14/h3-4,8,12H,2,5-7,9-10H2,1H3,(H,17,19)/t12-/m1/s1. The molecule has 24 heavy (non-hydrogen) atoms. The largest absolute Gasteiger partial charge is 0.335 e. The molecule has 0 aliphatic carbocycles. The SMILES string of the molecule is CCCN(C(=O)c1ccc2c(c1)NC(=O)CS2)[C@@H]1CCS(=O)(=O)C1. The van der Waals surface area contributed by atoms with E-state index in [2.05, 4.69) is 5.32 Å². The van der Waals surface area contributed by atoms with Gasteiger partial charge in [0, 0.05) is 23.0 Å². The molecule has 2 amide bonds. The number of hydrogen-bond donors (Lipinski definition) is 1. The normalized spacial score (nSPS) is 21.9. The highest BCUT2D eigenvalue weighted by molar-refractivity contribution is 8.00. The molecule has 6 nitrogen and oxygen atoms in total. The molecule has 1 saturated heterocycles. The molecule has 0 spiro atoms. The number of carbonyl (C=O) groups excluding carboxylic acids is 2. The van der Waals surface area contributed by atoms with E-state index >= 15 is 0 Å². The molecule has 2 aliphatic rings. The third-order valence-corrected chi connectivity index (χ3v) is 7.06. The van der Waals surface area contributed by atoms with Crippen molar-refractivity contribution in [3.63, 3.8) is 0 Å². The van der Waals surface area contributed by atoms with E-state index < -0.39 is 9.84 Å². The number of benzene rings is 1. The molecule has 1 aromatic rings. The second-order valence-corrected chi connectivity index (χ2v) is 9.35. The maximum absolute atomic E-state index is 12.9. The lowest BCUT2D eigenvalue weighted by Crippen LogP contribution is -2.41. The molecule has 3 rings (SSSR count). The van der Waals surface area contributed by atoms with Gasteiger partial charge in [-0.15, -0.1) is 11.8 Å². The third kappa shape index (κ3) is 3.59. The Kier molecular flexibility index (Phi) is 4.87. The summed E-state index contributed by atoms with van der Waals surface area (Å²) >= 11 is 1.44. The second kappa shape index (κ2) is 6.76. The summed E-state index contributed by atoms with van der Waals surface area (Å²) in [5, 5.41) is 2.78. The zero-order valence-corrected chi connectivity index (χ0v) is 15.1. The number of rotatable bonds is 4. The summed E-state index contributed by atoms with van der Waals surface area (Å²) in [4.78, 5) is 27.1. The number of anilines is 1. The van der Waals surface area contributed by atoms with Gasteiger partial charge in [0.05, 0.1) is 22.9 Å². The minimum Gasteiger partial charge on any atom is -0.335 e. The van der Waals surface area contributed by atoms with Crippen LogP contribution in [0.5, 0.6) is 0 Å². The topological polar surface area (TPSA) is 83.6 Å². The number of nitrogens with zero attached hydrogens (tertiary/aromatic N) is 1. The van der Waals surface area contributed by atoms with E-state index in [0.29, 0.717) is 30.0 Å². The van der Waals surface area contributed by atoms with E-state index in [9.17, 15) is 18.0 Å². The fourth-order valence-corrected chi connectivity index (χ4v) is 5.61. The molecule has 0 saturated carbocycles. The van der Waals surface area contributed by atoms with Gasteiger partial charge in [-0.05, 0) is 31.0 Å². The first kappa shape index (κ1) is 17.3. The summed E-state index contributed by atoms with van der Waals surface area (Å²) in [6.07, 6.45) is 1.26. The first-order chi connectivity index (χ1) is 11.4. The molecule has 2 aliphatic heterocycles. The maximum atomic E-state index is 12.9. The molecule has 1 fully saturated rings. The van der Waals surface area contributed by atoms with E-state index in [1.165, 1.54) is 11.8 Å². The van der Waals surface area contributed by atoms with E-state index in [1.54, 1.807) is 17.0 Å². The van der Waals surface area contributed by atoms with Gasteiger partial charge in [0.25, 0.3) is 5.91 Å². The van der Waals surface area contributed by atoms with Crippen LogP contribution in [0.1, 0.15) is 30.1 Å². The number of thioether (sulfide) groups is 1. The van der Waals surface area contributed by atoms with Crippen molar-refractivity contribution in [2.24, 2.45) is 0 Å². The monoisotopic (exact) mass is 368 g/mol. The van der Waals surface area contributed by atoms with Crippen LogP contribution in [-0.4, -0.2) is 55.0 Å². The van der Waals surface area contributed by atoms with Crippen molar-refractivity contribution in [1.82, 2.24) is 4.90 Å². The van der Waals surface area contributed by atoms with Gasteiger partial charge in [0.1, 0.15) is 0 Å². The van der Waals surface area contributed by atoms with E-state index in [1.807, 2.05) is 13.0 Å². The summed E-state index contributed by atoms with van der Waals surface area (Å²) < 4.78 is 23.5. The van der Waals surface area contributed by atoms with Crippen LogP contribution < -0.4 is 5.32 Å². The molecule has 130 valence electrons. The Labute approximate surface area is 145 Å². The summed E-state index contributed by atoms with van der Waals surface area (Å²) in [6.45, 7) is 2.49. The van der Waals surface area contributed by atoms with Crippen molar-refractivity contribution in [1.29, 1.82) is 0 Å². The second-order valence-electron chi connectivity index (χ2n) is 6.10. The van der Waals surface area contributed by atoms with Crippen LogP contribution in [0.15, 0.2) is 23.1 Å². The molecule has 0 bridgehead atoms. The fourth-order valence-electron chi connectivity index (χ4n) is 3.09. The number of nitrogens with one attached hydrogen (secondary N) is 1. The van der Waals surface area contributed by atoms with Gasteiger partial charge < -0.3 is 10.2 Å². The minimum absolute atomic E-state index is 0.0380. The van der Waals surface area contributed by atoms with Gasteiger partial charge in [-0.3, -0.25) is 9.59 Å². The van der Waals surface area contributed by atoms with Gasteiger partial charge in [0.2, 0.25) is 5.91 Å². The predicted molar refractivity (Wildman–Crippen MR) is 94.2 cm³/mol. The van der Waals surface area contributed by atoms with Crippen molar-refractivity contribution < 1.29 is 18.0 Å². The Morgan fingerprint density at radius 1 is 1.42 bits per heavy atom. The van der Waals surface area contributed by atoms with Crippen molar-refractivity contribution in [3.8, 4) is 0 Å². The first-order valence-corrected chi connectivity index (χ1v) is 10.8. The van der Waals surface area contributed by atoms with E-state index in [4.69, 9.17) is 0 Å². The van der Waals surface area contributed by atoms with Crippen LogP contribution >= 0.6 is 11.8 Å². The maximum Gasteiger partial charge on any atom is 0.254 e. The number of amides is 2. The molecule has 2 heterocycles. The number of hydrogen-bond acceptors (Lipinski definition) is 5. The molecule has 1 N–H and O–H groups in total. The Morgan fingerprint density at radius 2 is 2.21 bits per heavy atom. The predicted octanol–water partition coefficient (Wildman–Crippen LogP) is 1.77. The molecule has 8 heteroatoms. The van der Waals surface area contributed by atoms with Crippen molar-refractivity contribution in [2.45, 2.75) is 30.7 Å². The molecule has 0 radical (unpaired) electrons. The smallest absolute Gasteiger partial charge is 0.254 e. The lowest BCUT2D eigenvalue weighted by atomic mass is 10.1. The summed E-state index contributed by atoms with van der Waals surface area (Å²) in [6, 6.07) is 5.01. The summed E-state index contributed by atoms with van der Waals surface area (Å²) in [5.74, 6) is 0.302. The lowest BCUT2D eigenvalue weighted by molar-refractivity contribution is -0.113. The van der Waals surface area contributed by atoms with Crippen molar-refractivity contribution >= 4 is 39.1 Å². The zero-order valence-electron chi connectivity index (χ0n) is 13.4. The van der Waals surface area contributed by atoms with Crippen LogP contribution in [0, 0.1) is 0 Å². The first-order valence-electron chi connectivity index (χ1n) is 7.97. The average molecular weight is 368 g/mol. The van der Waals surface area contributed by atoms with Crippen molar-refractivity contribution in [2.75, 3.05) is 29.1 Å². The zero-order chi connectivity index (χ0) is 17.3. The number of sulfone groups is 1. The highest BCUT2D eigenvalue weighted by Gasteiger charge is 2.34. The molecule has 1 atom stereocenters. The number of carbonyl (C=O) groups is 2. The summed E-state index contributed by atoms with van der Waals surface area (Å²) in [7, 11) is -3.05. The molecule has 0 aromatic heterocycles. The van der Waals surface area contributed by atoms with Gasteiger partial charge >= 0.3 is 0 Å². The van der Waals surface area contributed by atoms with Crippen LogP contribution in [0.2, 0.25) is 0 Å². The Bertz CT molecular complexity index is 776. The van der Waals surface area contributed by atoms with Crippen LogP contribution in [0.3, 0.4) is 0 Å². The van der Waals surface area contributed by atoms with E-state index in [0.717, 1.165) is 11.3 Å². The van der Waals surface area contributed by atoms with Crippen LogP contribution in [0.4, 0.5) is 5.69 Å². The third-order valence-electron chi connectivity index (χ3n) is 4.23. The van der Waals surface area contributed by atoms with Crippen LogP contribution in [-0.2, 0) is 14.6 Å². The lowest BCUT2D eigenvalue weighted by Gasteiger charge is -2.28. The van der Waals surface area contributed by atoms with Gasteiger partial charge in [-0.1, -0.05) is 6.92 Å². The van der Waals surface area contributed by atoms with E-state index in [-0.39, 0.29) is 29.4 Å². The van der Waals surface area contributed by atoms with Crippen LogP contribution in [0.25, 0.3) is 0 Å². The molecule has 0 unspecified atom stereocenters. The van der Waals surface area contributed by atoms with Crippen molar-refractivity contribution in [3.05, 3.63) is 23.8 Å². The average Bonchev–Trinajstić information content (AvgIpc) is 2.91.